The van der Waals surface area contributed by atoms with E-state index in [1.165, 1.54) is 18.3 Å². The fraction of sp³-hybridized carbons (Fsp3) is 0. The molecule has 0 spiro atoms. The molecule has 4 nitrogen and oxygen atoms in total. The van der Waals surface area contributed by atoms with Crippen LogP contribution in [0.1, 0.15) is 15.9 Å². The smallest absolute Gasteiger partial charge is 0.272 e. The van der Waals surface area contributed by atoms with Crippen LogP contribution < -0.4 is 5.43 Å². The van der Waals surface area contributed by atoms with E-state index in [4.69, 9.17) is 11.6 Å². The summed E-state index contributed by atoms with van der Waals surface area (Å²) in [6, 6.07) is 11.6. The van der Waals surface area contributed by atoms with Crippen LogP contribution in [0.2, 0.25) is 5.02 Å². The van der Waals surface area contributed by atoms with Gasteiger partial charge >= 0.3 is 0 Å². The number of hydrogen-bond acceptors (Lipinski definition) is 3. The van der Waals surface area contributed by atoms with E-state index in [2.05, 4.69) is 26.5 Å². The van der Waals surface area contributed by atoms with Gasteiger partial charge in [0.2, 0.25) is 0 Å². The first kappa shape index (κ1) is 14.6. The molecule has 2 rings (SSSR count). The van der Waals surface area contributed by atoms with Gasteiger partial charge in [0.25, 0.3) is 5.91 Å². The van der Waals surface area contributed by atoms with Gasteiger partial charge in [-0.15, -0.1) is 0 Å². The second-order valence-corrected chi connectivity index (χ2v) is 5.17. The van der Waals surface area contributed by atoms with Crippen molar-refractivity contribution in [2.75, 3.05) is 0 Å². The fourth-order valence-corrected chi connectivity index (χ4v) is 2.09. The molecule has 102 valence electrons. The van der Waals surface area contributed by atoms with E-state index in [1.54, 1.807) is 30.3 Å². The Balaban J connectivity index is 2.09. The van der Waals surface area contributed by atoms with Gasteiger partial charge in [-0.3, -0.25) is 4.79 Å². The van der Waals surface area contributed by atoms with Crippen LogP contribution in [-0.4, -0.2) is 17.2 Å². The minimum Gasteiger partial charge on any atom is -0.507 e. The molecule has 0 fully saturated rings. The Hall–Kier alpha value is -1.85. The number of phenols is 1. The predicted octanol–water partition coefficient (Wildman–Crippen LogP) is 3.57. The van der Waals surface area contributed by atoms with Crippen molar-refractivity contribution in [1.82, 2.24) is 5.43 Å². The highest BCUT2D eigenvalue weighted by molar-refractivity contribution is 9.10. The number of nitrogens with one attached hydrogen (secondary N) is 1. The predicted molar refractivity (Wildman–Crippen MR) is 82.3 cm³/mol. The van der Waals surface area contributed by atoms with Crippen molar-refractivity contribution in [3.63, 3.8) is 0 Å². The first-order valence-electron chi connectivity index (χ1n) is 5.64. The van der Waals surface area contributed by atoms with Crippen LogP contribution in [0.25, 0.3) is 0 Å². The standard InChI is InChI=1S/C14H10BrClN2O2/c15-12-6-5-10(16)7-11(12)14(20)18-17-8-9-3-1-2-4-13(9)19/h1-8,19H,(H,18,20). The number of carbonyl (C=O) groups is 1. The molecule has 0 aromatic heterocycles. The molecular weight excluding hydrogens is 344 g/mol. The summed E-state index contributed by atoms with van der Waals surface area (Å²) in [5.41, 5.74) is 3.27. The van der Waals surface area contributed by atoms with Gasteiger partial charge in [0.1, 0.15) is 5.75 Å². The minimum absolute atomic E-state index is 0.0921. The zero-order chi connectivity index (χ0) is 14.5. The lowest BCUT2D eigenvalue weighted by Crippen LogP contribution is -2.18. The Kier molecular flexibility index (Phi) is 4.76. The summed E-state index contributed by atoms with van der Waals surface area (Å²) in [5.74, 6) is -0.305. The maximum absolute atomic E-state index is 11.9. The molecule has 0 heterocycles. The summed E-state index contributed by atoms with van der Waals surface area (Å²) in [4.78, 5) is 11.9. The number of hydrazone groups is 1. The maximum atomic E-state index is 11.9. The van der Waals surface area contributed by atoms with E-state index in [9.17, 15) is 9.90 Å². The topological polar surface area (TPSA) is 61.7 Å². The second-order valence-electron chi connectivity index (χ2n) is 3.88. The lowest BCUT2D eigenvalue weighted by molar-refractivity contribution is 0.0954. The van der Waals surface area contributed by atoms with Gasteiger partial charge in [-0.05, 0) is 46.3 Å². The number of benzene rings is 2. The molecule has 0 saturated heterocycles. The van der Waals surface area contributed by atoms with Gasteiger partial charge in [-0.1, -0.05) is 23.7 Å². The fourth-order valence-electron chi connectivity index (χ4n) is 1.49. The normalized spacial score (nSPS) is 10.7. The average Bonchev–Trinajstić information content (AvgIpc) is 2.43. The van der Waals surface area contributed by atoms with E-state index < -0.39 is 5.91 Å². The van der Waals surface area contributed by atoms with Gasteiger partial charge in [0.15, 0.2) is 0 Å². The summed E-state index contributed by atoms with van der Waals surface area (Å²) >= 11 is 9.11. The lowest BCUT2D eigenvalue weighted by atomic mass is 10.2. The summed E-state index contributed by atoms with van der Waals surface area (Å²) < 4.78 is 0.622. The molecular formula is C14H10BrClN2O2. The van der Waals surface area contributed by atoms with Crippen LogP contribution in [-0.2, 0) is 0 Å². The molecule has 2 N–H and O–H groups in total. The van der Waals surface area contributed by atoms with Crippen molar-refractivity contribution in [2.24, 2.45) is 5.10 Å². The molecule has 0 atom stereocenters. The van der Waals surface area contributed by atoms with Crippen LogP contribution in [0.5, 0.6) is 5.75 Å². The quantitative estimate of drug-likeness (QED) is 0.654. The highest BCUT2D eigenvalue weighted by Gasteiger charge is 2.09. The van der Waals surface area contributed by atoms with E-state index in [1.807, 2.05) is 0 Å². The summed E-state index contributed by atoms with van der Waals surface area (Å²) in [7, 11) is 0. The monoisotopic (exact) mass is 352 g/mol. The maximum Gasteiger partial charge on any atom is 0.272 e. The van der Waals surface area contributed by atoms with Crippen LogP contribution in [0.15, 0.2) is 52.0 Å². The van der Waals surface area contributed by atoms with Crippen LogP contribution in [0.3, 0.4) is 0 Å². The number of nitrogens with zero attached hydrogens (tertiary/aromatic N) is 1. The van der Waals surface area contributed by atoms with E-state index >= 15 is 0 Å². The van der Waals surface area contributed by atoms with Gasteiger partial charge < -0.3 is 5.11 Å². The summed E-state index contributed by atoms with van der Waals surface area (Å²) in [5, 5.41) is 13.8. The minimum atomic E-state index is -0.397. The Labute approximate surface area is 129 Å². The SMILES string of the molecule is O=C(NN=Cc1ccccc1O)c1cc(Cl)ccc1Br. The van der Waals surface area contributed by atoms with E-state index in [0.29, 0.717) is 20.6 Å². The lowest BCUT2D eigenvalue weighted by Gasteiger charge is -2.03. The zero-order valence-electron chi connectivity index (χ0n) is 10.2. The second kappa shape index (κ2) is 6.54. The van der Waals surface area contributed by atoms with Crippen molar-refractivity contribution < 1.29 is 9.90 Å². The largest absolute Gasteiger partial charge is 0.507 e. The number of carbonyl (C=O) groups excluding carboxylic acids is 1. The average molecular weight is 354 g/mol. The molecule has 20 heavy (non-hydrogen) atoms. The first-order chi connectivity index (χ1) is 9.58. The van der Waals surface area contributed by atoms with Crippen molar-refractivity contribution >= 4 is 39.7 Å². The molecule has 0 radical (unpaired) electrons. The zero-order valence-corrected chi connectivity index (χ0v) is 12.5. The van der Waals surface area contributed by atoms with Crippen molar-refractivity contribution in [3.05, 3.63) is 63.1 Å². The van der Waals surface area contributed by atoms with Crippen LogP contribution >= 0.6 is 27.5 Å². The Morgan fingerprint density at radius 2 is 2.05 bits per heavy atom. The molecule has 0 unspecified atom stereocenters. The number of halogens is 2. The van der Waals surface area contributed by atoms with Crippen LogP contribution in [0, 0.1) is 0 Å². The number of amides is 1. The van der Waals surface area contributed by atoms with E-state index in [0.717, 1.165) is 0 Å². The summed E-state index contributed by atoms with van der Waals surface area (Å²) in [6.07, 6.45) is 1.37. The van der Waals surface area contributed by atoms with Crippen molar-refractivity contribution in [2.45, 2.75) is 0 Å². The first-order valence-corrected chi connectivity index (χ1v) is 6.81. The third-order valence-electron chi connectivity index (χ3n) is 2.48. The highest BCUT2D eigenvalue weighted by Crippen LogP contribution is 2.21. The number of aromatic hydroxyl groups is 1. The van der Waals surface area contributed by atoms with Gasteiger partial charge in [0.05, 0.1) is 11.8 Å². The summed E-state index contributed by atoms with van der Waals surface area (Å²) in [6.45, 7) is 0. The molecule has 6 heteroatoms. The molecule has 0 aliphatic carbocycles. The van der Waals surface area contributed by atoms with Crippen LogP contribution in [0.4, 0.5) is 0 Å². The van der Waals surface area contributed by atoms with Crippen molar-refractivity contribution in [3.8, 4) is 5.75 Å². The van der Waals surface area contributed by atoms with E-state index in [-0.39, 0.29) is 5.75 Å². The van der Waals surface area contributed by atoms with Gasteiger partial charge in [-0.25, -0.2) is 5.43 Å². The third kappa shape index (κ3) is 3.59. The Bertz CT molecular complexity index is 674. The van der Waals surface area contributed by atoms with Crippen molar-refractivity contribution in [1.29, 1.82) is 0 Å². The number of hydrogen-bond donors (Lipinski definition) is 2. The highest BCUT2D eigenvalue weighted by atomic mass is 79.9. The third-order valence-corrected chi connectivity index (χ3v) is 3.41. The number of phenolic OH excluding ortho intramolecular Hbond substituents is 1. The molecule has 2 aromatic carbocycles. The molecule has 0 aliphatic heterocycles. The van der Waals surface area contributed by atoms with Gasteiger partial charge in [-0.2, -0.15) is 5.10 Å². The Morgan fingerprint density at radius 3 is 2.80 bits per heavy atom. The Morgan fingerprint density at radius 1 is 1.30 bits per heavy atom. The van der Waals surface area contributed by atoms with Gasteiger partial charge in [0, 0.05) is 15.1 Å². The molecule has 0 aliphatic rings. The molecule has 2 aromatic rings. The molecule has 0 saturated carbocycles. The number of rotatable bonds is 3. The molecule has 1 amide bonds. The number of para-hydroxylation sites is 1. The molecule has 0 bridgehead atoms.